The number of aromatic nitrogens is 3. The third kappa shape index (κ3) is 4.81. The van der Waals surface area contributed by atoms with Crippen LogP contribution in [0.2, 0.25) is 0 Å². The van der Waals surface area contributed by atoms with Crippen molar-refractivity contribution in [2.75, 3.05) is 10.6 Å². The zero-order chi connectivity index (χ0) is 24.4. The summed E-state index contributed by atoms with van der Waals surface area (Å²) in [6.07, 6.45) is 0. The average molecular weight is 490 g/mol. The number of nitrogens with zero attached hydrogens (tertiary/aromatic N) is 3. The van der Waals surface area contributed by atoms with Crippen LogP contribution in [0.3, 0.4) is 0 Å². The van der Waals surface area contributed by atoms with Crippen LogP contribution >= 0.6 is 11.8 Å². The molecule has 1 aliphatic heterocycles. The highest BCUT2D eigenvalue weighted by molar-refractivity contribution is 7.98. The van der Waals surface area contributed by atoms with Gasteiger partial charge in [-0.05, 0) is 48.4 Å². The maximum Gasteiger partial charge on any atom is 0.255 e. The van der Waals surface area contributed by atoms with Gasteiger partial charge in [0.15, 0.2) is 0 Å². The number of hydrogen-bond donors (Lipinski definition) is 2. The van der Waals surface area contributed by atoms with E-state index in [1.807, 2.05) is 18.2 Å². The van der Waals surface area contributed by atoms with Gasteiger partial charge in [0.25, 0.3) is 5.91 Å². The van der Waals surface area contributed by atoms with Gasteiger partial charge >= 0.3 is 0 Å². The van der Waals surface area contributed by atoms with E-state index in [0.717, 1.165) is 0 Å². The summed E-state index contributed by atoms with van der Waals surface area (Å²) >= 11 is 1.29. The molecule has 35 heavy (non-hydrogen) atoms. The Labute approximate surface area is 205 Å². The normalized spacial score (nSPS) is 14.9. The topological polar surface area (TPSA) is 71.8 Å². The second kappa shape index (κ2) is 9.71. The molecule has 5 rings (SSSR count). The molecule has 1 atom stereocenters. The molecular weight excluding hydrogens is 468 g/mol. The monoisotopic (exact) mass is 489 g/mol. The number of benzene rings is 3. The van der Waals surface area contributed by atoms with Gasteiger partial charge in [-0.25, -0.2) is 13.5 Å². The first-order chi connectivity index (χ1) is 17.0. The minimum absolute atomic E-state index is 0.288. The van der Waals surface area contributed by atoms with Crippen LogP contribution in [0.5, 0.6) is 0 Å². The largest absolute Gasteiger partial charge is 0.328 e. The van der Waals surface area contributed by atoms with Crippen LogP contribution in [0.25, 0.3) is 0 Å². The fourth-order valence-corrected chi connectivity index (χ4v) is 4.73. The number of hydrogen-bond acceptors (Lipinski definition) is 5. The lowest BCUT2D eigenvalue weighted by Gasteiger charge is -2.28. The molecule has 2 heterocycles. The Morgan fingerprint density at radius 1 is 1.03 bits per heavy atom. The van der Waals surface area contributed by atoms with E-state index in [9.17, 15) is 13.6 Å². The first kappa shape index (κ1) is 22.8. The number of thioether (sulfide) groups is 1. The van der Waals surface area contributed by atoms with Crippen molar-refractivity contribution in [3.05, 3.63) is 113 Å². The minimum atomic E-state index is -0.633. The van der Waals surface area contributed by atoms with Crippen molar-refractivity contribution in [2.24, 2.45) is 0 Å². The van der Waals surface area contributed by atoms with E-state index < -0.39 is 6.04 Å². The average Bonchev–Trinajstić information content (AvgIpc) is 3.26. The van der Waals surface area contributed by atoms with Gasteiger partial charge in [-0.3, -0.25) is 4.79 Å². The summed E-state index contributed by atoms with van der Waals surface area (Å²) in [7, 11) is 0. The van der Waals surface area contributed by atoms with Gasteiger partial charge < -0.3 is 10.6 Å². The summed E-state index contributed by atoms with van der Waals surface area (Å²) in [6.45, 7) is 1.79. The lowest BCUT2D eigenvalue weighted by Crippen LogP contribution is -2.31. The van der Waals surface area contributed by atoms with Crippen molar-refractivity contribution in [3.63, 3.8) is 0 Å². The molecule has 6 nitrogen and oxygen atoms in total. The first-order valence-electron chi connectivity index (χ1n) is 10.9. The fourth-order valence-electron chi connectivity index (χ4n) is 3.92. The van der Waals surface area contributed by atoms with Gasteiger partial charge in [0, 0.05) is 17.1 Å². The Morgan fingerprint density at radius 2 is 1.74 bits per heavy atom. The standard InChI is InChI=1S/C26H21F2N5OS/c1-16-22(24(34)30-20-8-3-2-4-9-20)23(17-11-13-19(27)14-12-17)33-25(29-16)31-26(32-33)35-15-18-7-5-6-10-21(18)28/h2-14,23H,15H2,1H3,(H,30,34)(H,29,31,32). The summed E-state index contributed by atoms with van der Waals surface area (Å²) in [5.74, 6) is -0.172. The fraction of sp³-hybridized carbons (Fsp3) is 0.115. The molecule has 3 aromatic carbocycles. The summed E-state index contributed by atoms with van der Waals surface area (Å²) < 4.78 is 29.4. The predicted molar refractivity (Wildman–Crippen MR) is 132 cm³/mol. The smallest absolute Gasteiger partial charge is 0.255 e. The predicted octanol–water partition coefficient (Wildman–Crippen LogP) is 5.78. The van der Waals surface area contributed by atoms with Crippen LogP contribution in [-0.4, -0.2) is 20.7 Å². The molecule has 176 valence electrons. The Kier molecular flexibility index (Phi) is 6.33. The zero-order valence-corrected chi connectivity index (χ0v) is 19.5. The molecule has 1 aliphatic rings. The number of para-hydroxylation sites is 1. The van der Waals surface area contributed by atoms with E-state index in [0.29, 0.717) is 44.9 Å². The quantitative estimate of drug-likeness (QED) is 0.336. The molecule has 0 saturated heterocycles. The molecule has 2 N–H and O–H groups in total. The Balaban J connectivity index is 1.49. The summed E-state index contributed by atoms with van der Waals surface area (Å²) in [6, 6.07) is 21.0. The van der Waals surface area contributed by atoms with E-state index >= 15 is 0 Å². The van der Waals surface area contributed by atoms with Gasteiger partial charge in [-0.2, -0.15) is 4.98 Å². The molecule has 0 saturated carbocycles. The van der Waals surface area contributed by atoms with Gasteiger partial charge in [-0.1, -0.05) is 60.3 Å². The van der Waals surface area contributed by atoms with Crippen molar-refractivity contribution in [2.45, 2.75) is 23.9 Å². The van der Waals surface area contributed by atoms with Crippen LogP contribution in [0.1, 0.15) is 24.1 Å². The number of anilines is 2. The van der Waals surface area contributed by atoms with Crippen LogP contribution in [0, 0.1) is 11.6 Å². The minimum Gasteiger partial charge on any atom is -0.328 e. The second-order valence-electron chi connectivity index (χ2n) is 7.98. The summed E-state index contributed by atoms with van der Waals surface area (Å²) in [5, 5.41) is 11.1. The molecule has 1 amide bonds. The van der Waals surface area contributed by atoms with Crippen LogP contribution in [0.4, 0.5) is 20.4 Å². The van der Waals surface area contributed by atoms with Gasteiger partial charge in [0.2, 0.25) is 11.1 Å². The number of carbonyl (C=O) groups is 1. The van der Waals surface area contributed by atoms with Crippen molar-refractivity contribution in [3.8, 4) is 0 Å². The molecule has 1 aromatic heterocycles. The van der Waals surface area contributed by atoms with E-state index in [2.05, 4.69) is 20.7 Å². The number of rotatable bonds is 6. The number of fused-ring (bicyclic) bond motifs is 1. The number of amides is 1. The highest BCUT2D eigenvalue weighted by Gasteiger charge is 2.34. The number of nitrogens with one attached hydrogen (secondary N) is 2. The molecule has 9 heteroatoms. The van der Waals surface area contributed by atoms with E-state index in [4.69, 9.17) is 0 Å². The Bertz CT molecular complexity index is 1400. The number of carbonyl (C=O) groups excluding carboxylic acids is 1. The third-order valence-electron chi connectivity index (χ3n) is 5.61. The Hall–Kier alpha value is -3.98. The summed E-state index contributed by atoms with van der Waals surface area (Å²) in [4.78, 5) is 18.0. The van der Waals surface area contributed by atoms with Gasteiger partial charge in [-0.15, -0.1) is 5.10 Å². The van der Waals surface area contributed by atoms with Crippen molar-refractivity contribution in [1.29, 1.82) is 0 Å². The first-order valence-corrected chi connectivity index (χ1v) is 11.9. The van der Waals surface area contributed by atoms with Gasteiger partial charge in [0.05, 0.1) is 5.57 Å². The van der Waals surface area contributed by atoms with Crippen LogP contribution in [0.15, 0.2) is 95.3 Å². The van der Waals surface area contributed by atoms with Crippen molar-refractivity contribution in [1.82, 2.24) is 14.8 Å². The molecule has 0 fully saturated rings. The molecule has 0 aliphatic carbocycles. The lowest BCUT2D eigenvalue weighted by molar-refractivity contribution is -0.113. The highest BCUT2D eigenvalue weighted by Crippen LogP contribution is 2.37. The maximum absolute atomic E-state index is 14.1. The molecule has 1 unspecified atom stereocenters. The van der Waals surface area contributed by atoms with Gasteiger partial charge in [0.1, 0.15) is 17.7 Å². The van der Waals surface area contributed by atoms with Crippen molar-refractivity contribution < 1.29 is 13.6 Å². The Morgan fingerprint density at radius 3 is 2.49 bits per heavy atom. The molecular formula is C26H21F2N5OS. The van der Waals surface area contributed by atoms with Crippen LogP contribution in [-0.2, 0) is 10.5 Å². The lowest BCUT2D eigenvalue weighted by atomic mass is 9.95. The zero-order valence-electron chi connectivity index (χ0n) is 18.7. The van der Waals surface area contributed by atoms with E-state index in [1.165, 1.54) is 30.0 Å². The number of halogens is 2. The van der Waals surface area contributed by atoms with E-state index in [-0.39, 0.29) is 17.5 Å². The molecule has 0 spiro atoms. The van der Waals surface area contributed by atoms with E-state index in [1.54, 1.807) is 54.1 Å². The molecule has 4 aromatic rings. The SMILES string of the molecule is CC1=C(C(=O)Nc2ccccc2)C(c2ccc(F)cc2)n2nc(SCc3ccccc3F)nc2N1. The second-order valence-corrected chi connectivity index (χ2v) is 8.92. The highest BCUT2D eigenvalue weighted by atomic mass is 32.2. The third-order valence-corrected chi connectivity index (χ3v) is 6.50. The summed E-state index contributed by atoms with van der Waals surface area (Å²) in [5.41, 5.74) is 2.93. The molecule has 0 bridgehead atoms. The van der Waals surface area contributed by atoms with Crippen molar-refractivity contribution >= 4 is 29.3 Å². The van der Waals surface area contributed by atoms with Crippen LogP contribution < -0.4 is 10.6 Å². The number of allylic oxidation sites excluding steroid dienone is 1. The molecule has 0 radical (unpaired) electrons. The maximum atomic E-state index is 14.1.